The molecule has 3 atom stereocenters. The molecule has 2 amide bonds. The molecule has 1 aromatic heterocycles. The monoisotopic (exact) mass is 514 g/mol. The predicted molar refractivity (Wildman–Crippen MR) is 132 cm³/mol. The first kappa shape index (κ1) is 23.6. The highest BCUT2D eigenvalue weighted by Gasteiger charge is 2.56. The zero-order chi connectivity index (χ0) is 24.9. The van der Waals surface area contributed by atoms with Gasteiger partial charge >= 0.3 is 4.87 Å². The molecule has 3 heterocycles. The van der Waals surface area contributed by atoms with Crippen LogP contribution in [0.4, 0.5) is 10.1 Å². The Morgan fingerprint density at radius 1 is 1.06 bits per heavy atom. The molecule has 1 saturated heterocycles. The van der Waals surface area contributed by atoms with E-state index in [1.54, 1.807) is 19.2 Å². The number of fused-ring (bicyclic) bond motifs is 2. The molecule has 182 valence electrons. The van der Waals surface area contributed by atoms with Gasteiger partial charge in [0.05, 0.1) is 30.3 Å². The maximum absolute atomic E-state index is 13.7. The van der Waals surface area contributed by atoms with Crippen LogP contribution in [0.5, 0.6) is 11.5 Å². The van der Waals surface area contributed by atoms with Gasteiger partial charge in [0.25, 0.3) is 0 Å². The van der Waals surface area contributed by atoms with Crippen LogP contribution in [0.1, 0.15) is 30.2 Å². The molecule has 35 heavy (non-hydrogen) atoms. The van der Waals surface area contributed by atoms with Gasteiger partial charge < -0.3 is 14.5 Å². The van der Waals surface area contributed by atoms with E-state index in [9.17, 15) is 18.8 Å². The number of H-pyrrole nitrogens is 1. The second-order valence-corrected chi connectivity index (χ2v) is 11.0. The zero-order valence-electron chi connectivity index (χ0n) is 19.2. The Balaban J connectivity index is 1.59. The molecule has 2 aliphatic rings. The van der Waals surface area contributed by atoms with E-state index in [1.807, 2.05) is 19.9 Å². The van der Waals surface area contributed by atoms with E-state index >= 15 is 0 Å². The average molecular weight is 515 g/mol. The van der Waals surface area contributed by atoms with Crippen LogP contribution in [0.15, 0.2) is 52.3 Å². The first-order valence-electron chi connectivity index (χ1n) is 11.1. The summed E-state index contributed by atoms with van der Waals surface area (Å²) in [7, 11) is 1.54. The highest BCUT2D eigenvalue weighted by Crippen LogP contribution is 2.53. The van der Waals surface area contributed by atoms with E-state index in [2.05, 4.69) is 4.98 Å². The molecule has 2 aromatic carbocycles. The van der Waals surface area contributed by atoms with Gasteiger partial charge in [-0.1, -0.05) is 43.0 Å². The lowest BCUT2D eigenvalue weighted by Gasteiger charge is -2.30. The smallest absolute Gasteiger partial charge is 0.305 e. The zero-order valence-corrected chi connectivity index (χ0v) is 20.9. The van der Waals surface area contributed by atoms with Gasteiger partial charge in [-0.05, 0) is 47.9 Å². The average Bonchev–Trinajstić information content (AvgIpc) is 3.32. The van der Waals surface area contributed by atoms with Crippen molar-refractivity contribution in [3.63, 3.8) is 0 Å². The van der Waals surface area contributed by atoms with E-state index in [0.29, 0.717) is 39.6 Å². The Bertz CT molecular complexity index is 1350. The van der Waals surface area contributed by atoms with Crippen LogP contribution in [0.25, 0.3) is 0 Å². The van der Waals surface area contributed by atoms with Crippen LogP contribution in [0, 0.1) is 17.7 Å². The number of anilines is 1. The number of carbonyl (C=O) groups is 2. The van der Waals surface area contributed by atoms with Crippen molar-refractivity contribution in [3.8, 4) is 11.5 Å². The Morgan fingerprint density at radius 3 is 2.49 bits per heavy atom. The first-order valence-corrected chi connectivity index (χ1v) is 12.8. The number of carbonyl (C=O) groups excluding carboxylic acids is 2. The number of aromatic nitrogens is 1. The fourth-order valence-electron chi connectivity index (χ4n) is 4.47. The number of thioether (sulfide) groups is 1. The van der Waals surface area contributed by atoms with Crippen LogP contribution < -0.4 is 19.2 Å². The van der Waals surface area contributed by atoms with Crippen molar-refractivity contribution in [3.05, 3.63) is 68.4 Å². The normalized spacial score (nSPS) is 21.3. The van der Waals surface area contributed by atoms with Crippen molar-refractivity contribution < 1.29 is 23.5 Å². The summed E-state index contributed by atoms with van der Waals surface area (Å²) in [6.45, 7) is 4.61. The molecule has 10 heteroatoms. The van der Waals surface area contributed by atoms with Crippen molar-refractivity contribution in [2.24, 2.45) is 11.8 Å². The summed E-state index contributed by atoms with van der Waals surface area (Å²) in [4.78, 5) is 43.8. The minimum atomic E-state index is -0.733. The van der Waals surface area contributed by atoms with Crippen LogP contribution in [0.2, 0.25) is 0 Å². The Labute approximate surface area is 209 Å². The highest BCUT2D eigenvalue weighted by atomic mass is 32.2. The Morgan fingerprint density at radius 2 is 1.80 bits per heavy atom. The summed E-state index contributed by atoms with van der Waals surface area (Å²) in [5, 5.41) is -0.134. The SMILES string of the molecule is COc1cc([C@@H]2c3sc(=O)[nH]c3S[C@H]3C(=O)N(c4ccc(F)cc4)C(=O)[C@@H]23)ccc1OCC(C)C. The summed E-state index contributed by atoms with van der Waals surface area (Å²) in [6.07, 6.45) is 0. The fourth-order valence-corrected chi connectivity index (χ4v) is 6.99. The lowest BCUT2D eigenvalue weighted by atomic mass is 9.83. The van der Waals surface area contributed by atoms with Gasteiger partial charge in [-0.15, -0.1) is 0 Å². The second kappa shape index (κ2) is 9.16. The largest absolute Gasteiger partial charge is 0.493 e. The number of thiazole rings is 1. The molecule has 0 bridgehead atoms. The van der Waals surface area contributed by atoms with Gasteiger partial charge in [-0.25, -0.2) is 9.29 Å². The molecular formula is C25H23FN2O5S2. The molecule has 1 fully saturated rings. The Hall–Kier alpha value is -3.11. The topological polar surface area (TPSA) is 88.7 Å². The molecule has 0 radical (unpaired) electrons. The number of nitrogens with one attached hydrogen (secondary N) is 1. The molecule has 5 rings (SSSR count). The second-order valence-electron chi connectivity index (χ2n) is 8.85. The molecule has 0 saturated carbocycles. The number of hydrogen-bond acceptors (Lipinski definition) is 7. The summed E-state index contributed by atoms with van der Waals surface area (Å²) >= 11 is 2.24. The lowest BCUT2D eigenvalue weighted by molar-refractivity contribution is -0.122. The summed E-state index contributed by atoms with van der Waals surface area (Å²) in [5.74, 6) is -1.07. The molecule has 7 nitrogen and oxygen atoms in total. The number of halogens is 1. The fraction of sp³-hybridized carbons (Fsp3) is 0.320. The number of aromatic amines is 1. The van der Waals surface area contributed by atoms with Gasteiger partial charge in [-0.3, -0.25) is 14.4 Å². The van der Waals surface area contributed by atoms with Crippen molar-refractivity contribution in [1.82, 2.24) is 4.98 Å². The van der Waals surface area contributed by atoms with Crippen molar-refractivity contribution >= 4 is 40.6 Å². The molecule has 0 unspecified atom stereocenters. The standard InChI is InChI=1S/C25H23FN2O5S2/c1-12(2)11-33-16-9-4-13(10-17(16)32-3)18-19-21(34-22-20(18)35-25(31)27-22)24(30)28(23(19)29)15-7-5-14(26)6-8-15/h4-10,12,18-19,21H,11H2,1-3H3,(H,27,31)/t18-,19-,21+/m0/s1. The number of hydrogen-bond donors (Lipinski definition) is 1. The summed E-state index contributed by atoms with van der Waals surface area (Å²) < 4.78 is 24.9. The molecule has 3 aromatic rings. The summed E-state index contributed by atoms with van der Waals surface area (Å²) in [6, 6.07) is 10.7. The van der Waals surface area contributed by atoms with Gasteiger partial charge in [0, 0.05) is 10.8 Å². The minimum Gasteiger partial charge on any atom is -0.493 e. The van der Waals surface area contributed by atoms with Crippen LogP contribution in [-0.2, 0) is 9.59 Å². The van der Waals surface area contributed by atoms with Crippen LogP contribution in [0.3, 0.4) is 0 Å². The number of rotatable bonds is 6. The molecule has 0 aliphatic carbocycles. The first-order chi connectivity index (χ1) is 16.8. The van der Waals surface area contributed by atoms with Gasteiger partial charge in [0.15, 0.2) is 11.5 Å². The summed E-state index contributed by atoms with van der Waals surface area (Å²) in [5.41, 5.74) is 1.06. The van der Waals surface area contributed by atoms with Crippen molar-refractivity contribution in [1.29, 1.82) is 0 Å². The van der Waals surface area contributed by atoms with Gasteiger partial charge in [0.2, 0.25) is 11.8 Å². The number of imide groups is 1. The van der Waals surface area contributed by atoms with Crippen LogP contribution >= 0.6 is 23.1 Å². The molecule has 0 spiro atoms. The van der Waals surface area contributed by atoms with Crippen molar-refractivity contribution in [2.45, 2.75) is 30.0 Å². The molecular weight excluding hydrogens is 491 g/mol. The minimum absolute atomic E-state index is 0.244. The van der Waals surface area contributed by atoms with Crippen molar-refractivity contribution in [2.75, 3.05) is 18.6 Å². The third kappa shape index (κ3) is 4.14. The van der Waals surface area contributed by atoms with E-state index in [-0.39, 0.29) is 16.7 Å². The predicted octanol–water partition coefficient (Wildman–Crippen LogP) is 4.41. The van der Waals surface area contributed by atoms with E-state index in [4.69, 9.17) is 9.47 Å². The van der Waals surface area contributed by atoms with Gasteiger partial charge in [0.1, 0.15) is 11.1 Å². The Kier molecular flexibility index (Phi) is 6.18. The van der Waals surface area contributed by atoms with Crippen LogP contribution in [-0.4, -0.2) is 35.8 Å². The van der Waals surface area contributed by atoms with E-state index < -0.39 is 22.9 Å². The lowest BCUT2D eigenvalue weighted by Crippen LogP contribution is -2.32. The number of methoxy groups -OCH3 is 1. The quantitative estimate of drug-likeness (QED) is 0.490. The number of ether oxygens (including phenoxy) is 2. The van der Waals surface area contributed by atoms with Gasteiger partial charge in [-0.2, -0.15) is 0 Å². The third-order valence-electron chi connectivity index (χ3n) is 6.03. The number of benzene rings is 2. The van der Waals surface area contributed by atoms with E-state index in [0.717, 1.165) is 21.8 Å². The molecule has 2 aliphatic heterocycles. The molecule has 1 N–H and O–H groups in total. The van der Waals surface area contributed by atoms with E-state index in [1.165, 1.54) is 36.0 Å². The highest BCUT2D eigenvalue weighted by molar-refractivity contribution is 8.00. The maximum atomic E-state index is 13.7. The maximum Gasteiger partial charge on any atom is 0.305 e. The number of amides is 2. The number of nitrogens with zero attached hydrogens (tertiary/aromatic N) is 1. The third-order valence-corrected chi connectivity index (χ3v) is 8.43.